The lowest BCUT2D eigenvalue weighted by Crippen LogP contribution is -2.59. The molecule has 0 saturated carbocycles. The zero-order chi connectivity index (χ0) is 22.8. The number of halogens is 3. The maximum Gasteiger partial charge on any atom is 0.417 e. The van der Waals surface area contributed by atoms with Crippen molar-refractivity contribution in [3.05, 3.63) is 107 Å². The van der Waals surface area contributed by atoms with Crippen molar-refractivity contribution in [2.24, 2.45) is 10.9 Å². The zero-order valence-corrected chi connectivity index (χ0v) is 18.3. The number of nitrogens with zero attached hydrogens (tertiary/aromatic N) is 2. The molecule has 0 unspecified atom stereocenters. The summed E-state index contributed by atoms with van der Waals surface area (Å²) in [6.07, 6.45) is -0.853. The van der Waals surface area contributed by atoms with E-state index in [1.165, 1.54) is 29.5 Å². The highest BCUT2D eigenvalue weighted by molar-refractivity contribution is 5.82. The van der Waals surface area contributed by atoms with Crippen molar-refractivity contribution < 1.29 is 13.2 Å². The number of rotatable bonds is 5. The first-order valence-electron chi connectivity index (χ1n) is 11.6. The van der Waals surface area contributed by atoms with Gasteiger partial charge in [-0.1, -0.05) is 78.9 Å². The topological polar surface area (TPSA) is 15.6 Å². The lowest BCUT2D eigenvalue weighted by Gasteiger charge is -2.52. The average Bonchev–Trinajstić information content (AvgIpc) is 2.85. The highest BCUT2D eigenvalue weighted by atomic mass is 19.4. The van der Waals surface area contributed by atoms with Crippen molar-refractivity contribution in [3.63, 3.8) is 0 Å². The van der Waals surface area contributed by atoms with Crippen molar-refractivity contribution in [1.29, 1.82) is 0 Å². The van der Waals surface area contributed by atoms with Crippen LogP contribution in [0.3, 0.4) is 0 Å². The van der Waals surface area contributed by atoms with E-state index >= 15 is 0 Å². The van der Waals surface area contributed by atoms with Crippen LogP contribution in [0.15, 0.2) is 89.9 Å². The Labute approximate surface area is 192 Å². The van der Waals surface area contributed by atoms with Gasteiger partial charge in [-0.15, -0.1) is 0 Å². The molecular weight excluding hydrogens is 421 g/mol. The Kier molecular flexibility index (Phi) is 6.07. The highest BCUT2D eigenvalue weighted by Gasteiger charge is 2.46. The molecular formula is C28H27F3N2. The molecule has 5 heteroatoms. The van der Waals surface area contributed by atoms with Crippen LogP contribution in [0.1, 0.15) is 41.0 Å². The minimum atomic E-state index is -4.40. The van der Waals surface area contributed by atoms with Crippen LogP contribution in [-0.4, -0.2) is 36.3 Å². The largest absolute Gasteiger partial charge is 0.417 e. The van der Waals surface area contributed by atoms with E-state index in [-0.39, 0.29) is 23.6 Å². The zero-order valence-electron chi connectivity index (χ0n) is 18.3. The van der Waals surface area contributed by atoms with Gasteiger partial charge in [0, 0.05) is 23.7 Å². The summed E-state index contributed by atoms with van der Waals surface area (Å²) in [6.45, 7) is 2.02. The van der Waals surface area contributed by atoms with E-state index in [4.69, 9.17) is 4.99 Å². The molecule has 3 fully saturated rings. The van der Waals surface area contributed by atoms with Crippen LogP contribution in [0.5, 0.6) is 0 Å². The van der Waals surface area contributed by atoms with E-state index in [0.29, 0.717) is 5.92 Å². The second-order valence-corrected chi connectivity index (χ2v) is 9.02. The molecule has 0 aliphatic carbocycles. The molecule has 3 aliphatic heterocycles. The third kappa shape index (κ3) is 4.47. The summed E-state index contributed by atoms with van der Waals surface area (Å²) in [5, 5.41) is 0. The molecule has 3 aliphatic rings. The molecule has 2 atom stereocenters. The normalized spacial score (nSPS) is 25.1. The molecule has 0 amide bonds. The number of hydrogen-bond acceptors (Lipinski definition) is 2. The van der Waals surface area contributed by atoms with Crippen LogP contribution in [0.25, 0.3) is 0 Å². The quantitative estimate of drug-likeness (QED) is 0.411. The first kappa shape index (κ1) is 21.9. The summed E-state index contributed by atoms with van der Waals surface area (Å²) >= 11 is 0. The molecule has 2 nitrogen and oxygen atoms in total. The fourth-order valence-electron chi connectivity index (χ4n) is 5.61. The Balaban J connectivity index is 1.56. The molecule has 0 aromatic heterocycles. The van der Waals surface area contributed by atoms with E-state index in [0.717, 1.165) is 32.0 Å². The number of hydrogen-bond donors (Lipinski definition) is 0. The van der Waals surface area contributed by atoms with Crippen LogP contribution >= 0.6 is 0 Å². The maximum atomic E-state index is 13.5. The van der Waals surface area contributed by atoms with Gasteiger partial charge in [0.25, 0.3) is 0 Å². The molecule has 3 heterocycles. The van der Waals surface area contributed by atoms with Gasteiger partial charge in [0.15, 0.2) is 0 Å². The molecule has 33 heavy (non-hydrogen) atoms. The Bertz CT molecular complexity index is 1050. The van der Waals surface area contributed by atoms with E-state index in [1.54, 1.807) is 6.07 Å². The van der Waals surface area contributed by atoms with Gasteiger partial charge in [-0.25, -0.2) is 0 Å². The third-order valence-electron chi connectivity index (χ3n) is 7.14. The molecule has 6 rings (SSSR count). The van der Waals surface area contributed by atoms with Crippen LogP contribution in [0, 0.1) is 5.92 Å². The monoisotopic (exact) mass is 448 g/mol. The predicted molar refractivity (Wildman–Crippen MR) is 126 cm³/mol. The van der Waals surface area contributed by atoms with Gasteiger partial charge < -0.3 is 0 Å². The minimum absolute atomic E-state index is 0.0563. The molecule has 0 spiro atoms. The molecule has 3 saturated heterocycles. The Hall–Kier alpha value is -2.92. The molecule has 0 N–H and O–H groups in total. The van der Waals surface area contributed by atoms with E-state index < -0.39 is 11.7 Å². The van der Waals surface area contributed by atoms with Gasteiger partial charge in [0.05, 0.1) is 11.6 Å². The fraction of sp³-hybridized carbons (Fsp3) is 0.321. The van der Waals surface area contributed by atoms with E-state index in [2.05, 4.69) is 53.4 Å². The second kappa shape index (κ2) is 9.14. The van der Waals surface area contributed by atoms with Gasteiger partial charge in [-0.3, -0.25) is 9.89 Å². The van der Waals surface area contributed by atoms with Crippen molar-refractivity contribution in [2.45, 2.75) is 37.0 Å². The molecule has 3 aromatic rings. The SMILES string of the molecule is FC(F)(F)c1ccccc1C=N[C@@H]1C2CCN(CC2)[C@H]1C(c1ccccc1)c1ccccc1. The van der Waals surface area contributed by atoms with E-state index in [1.807, 2.05) is 12.1 Å². The summed E-state index contributed by atoms with van der Waals surface area (Å²) in [7, 11) is 0. The van der Waals surface area contributed by atoms with Gasteiger partial charge in [-0.2, -0.15) is 13.2 Å². The Morgan fingerprint density at radius 1 is 0.788 bits per heavy atom. The summed E-state index contributed by atoms with van der Waals surface area (Å²) in [4.78, 5) is 7.40. The first-order chi connectivity index (χ1) is 16.0. The Morgan fingerprint density at radius 3 is 1.91 bits per heavy atom. The molecule has 3 aromatic carbocycles. The van der Waals surface area contributed by atoms with Crippen LogP contribution < -0.4 is 0 Å². The Morgan fingerprint density at radius 2 is 1.33 bits per heavy atom. The van der Waals surface area contributed by atoms with E-state index in [9.17, 15) is 13.2 Å². The highest BCUT2D eigenvalue weighted by Crippen LogP contribution is 2.43. The molecule has 170 valence electrons. The lowest BCUT2D eigenvalue weighted by atomic mass is 9.71. The fourth-order valence-corrected chi connectivity index (χ4v) is 5.61. The summed E-state index contributed by atoms with van der Waals surface area (Å²) in [6, 6.07) is 26.6. The number of alkyl halides is 3. The van der Waals surface area contributed by atoms with Crippen LogP contribution in [0.2, 0.25) is 0 Å². The number of benzene rings is 3. The van der Waals surface area contributed by atoms with Crippen molar-refractivity contribution >= 4 is 6.21 Å². The summed E-state index contributed by atoms with van der Waals surface area (Å²) in [5.41, 5.74) is 1.94. The van der Waals surface area contributed by atoms with Crippen LogP contribution in [-0.2, 0) is 6.18 Å². The second-order valence-electron chi connectivity index (χ2n) is 9.02. The standard InChI is InChI=1S/C28H27F3N2/c29-28(30,31)24-14-8-7-13-23(24)19-32-26-22-15-17-33(18-16-22)27(26)25(20-9-3-1-4-10-20)21-11-5-2-6-12-21/h1-14,19,22,25-27H,15-18H2/t26-,27+/m1/s1. The number of piperidine rings is 3. The lowest BCUT2D eigenvalue weighted by molar-refractivity contribution is -0.137. The van der Waals surface area contributed by atoms with Gasteiger partial charge in [0.2, 0.25) is 0 Å². The van der Waals surface area contributed by atoms with Crippen LogP contribution in [0.4, 0.5) is 13.2 Å². The maximum absolute atomic E-state index is 13.5. The first-order valence-corrected chi connectivity index (χ1v) is 11.6. The molecule has 2 bridgehead atoms. The van der Waals surface area contributed by atoms with Crippen molar-refractivity contribution in [1.82, 2.24) is 4.90 Å². The molecule has 0 radical (unpaired) electrons. The van der Waals surface area contributed by atoms with Gasteiger partial charge in [0.1, 0.15) is 0 Å². The predicted octanol–water partition coefficient (Wildman–Crippen LogP) is 6.42. The van der Waals surface area contributed by atoms with Crippen molar-refractivity contribution in [3.8, 4) is 0 Å². The average molecular weight is 449 g/mol. The number of fused-ring (bicyclic) bond motifs is 3. The van der Waals surface area contributed by atoms with Gasteiger partial charge >= 0.3 is 6.18 Å². The summed E-state index contributed by atoms with van der Waals surface area (Å²) in [5.74, 6) is 0.486. The minimum Gasteiger partial charge on any atom is -0.297 e. The third-order valence-corrected chi connectivity index (χ3v) is 7.14. The summed E-state index contributed by atoms with van der Waals surface area (Å²) < 4.78 is 40.6. The number of aliphatic imine (C=N–C) groups is 1. The van der Waals surface area contributed by atoms with Gasteiger partial charge in [-0.05, 0) is 49.0 Å². The van der Waals surface area contributed by atoms with Crippen molar-refractivity contribution in [2.75, 3.05) is 13.1 Å². The smallest absolute Gasteiger partial charge is 0.297 e.